The molecule has 1 rings (SSSR count). The van der Waals surface area contributed by atoms with E-state index in [-0.39, 0.29) is 0 Å². The Bertz CT molecular complexity index is 189. The maximum absolute atomic E-state index is 4.28. The van der Waals surface area contributed by atoms with Crippen LogP contribution in [0.2, 0.25) is 0 Å². The van der Waals surface area contributed by atoms with Crippen LogP contribution in [0.5, 0.6) is 0 Å². The quantitative estimate of drug-likeness (QED) is 0.505. The minimum atomic E-state index is 0.664. The Balaban J connectivity index is 2.79. The number of hydrogen-bond donors (Lipinski definition) is 0. The Kier molecular flexibility index (Phi) is 2.86. The van der Waals surface area contributed by atoms with Crippen molar-refractivity contribution in [1.29, 1.82) is 0 Å². The molecule has 1 atom stereocenters. The summed E-state index contributed by atoms with van der Waals surface area (Å²) < 4.78 is 0. The Morgan fingerprint density at radius 1 is 1.55 bits per heavy atom. The molecule has 0 heterocycles. The summed E-state index contributed by atoms with van der Waals surface area (Å²) in [6, 6.07) is 0. The van der Waals surface area contributed by atoms with E-state index >= 15 is 0 Å². The molecule has 1 aliphatic carbocycles. The van der Waals surface area contributed by atoms with Crippen LogP contribution in [0.1, 0.15) is 33.1 Å². The second kappa shape index (κ2) is 3.70. The van der Waals surface area contributed by atoms with Gasteiger partial charge in [0.25, 0.3) is 0 Å². The van der Waals surface area contributed by atoms with E-state index in [4.69, 9.17) is 0 Å². The normalized spacial score (nSPS) is 29.9. The van der Waals surface area contributed by atoms with Gasteiger partial charge in [-0.15, -0.1) is 0 Å². The second-order valence-corrected chi connectivity index (χ2v) is 3.43. The standard InChI is InChI=1S/C10H17N/c1-8-5-4-6-9(2)10(7-8)11-3/h7,9H,4-6H2,1-3H3. The molecule has 0 amide bonds. The predicted molar refractivity (Wildman–Crippen MR) is 50.1 cm³/mol. The average molecular weight is 151 g/mol. The van der Waals surface area contributed by atoms with Crippen LogP contribution in [0.4, 0.5) is 0 Å². The zero-order valence-electron chi connectivity index (χ0n) is 7.72. The molecule has 0 spiro atoms. The molecule has 0 aliphatic heterocycles. The highest BCUT2D eigenvalue weighted by Crippen LogP contribution is 2.19. The Labute approximate surface area is 69.2 Å². The van der Waals surface area contributed by atoms with Gasteiger partial charge in [-0.2, -0.15) is 0 Å². The Morgan fingerprint density at radius 3 is 2.91 bits per heavy atom. The van der Waals surface area contributed by atoms with Gasteiger partial charge < -0.3 is 0 Å². The summed E-state index contributed by atoms with van der Waals surface area (Å²) in [7, 11) is 1.89. The highest BCUT2D eigenvalue weighted by atomic mass is 14.7. The predicted octanol–water partition coefficient (Wildman–Crippen LogP) is 2.82. The van der Waals surface area contributed by atoms with Gasteiger partial charge in [0.2, 0.25) is 0 Å². The number of allylic oxidation sites excluding steroid dienone is 2. The fourth-order valence-electron chi connectivity index (χ4n) is 1.59. The van der Waals surface area contributed by atoms with Crippen molar-refractivity contribution in [3.8, 4) is 0 Å². The van der Waals surface area contributed by atoms with E-state index < -0.39 is 0 Å². The van der Waals surface area contributed by atoms with Crippen LogP contribution in [0, 0.1) is 5.92 Å². The molecule has 0 aromatic rings. The molecule has 0 bridgehead atoms. The first-order valence-corrected chi connectivity index (χ1v) is 4.38. The molecule has 1 unspecified atom stereocenters. The molecule has 1 aliphatic rings. The summed E-state index contributed by atoms with van der Waals surface area (Å²) >= 11 is 0. The topological polar surface area (TPSA) is 12.4 Å². The van der Waals surface area contributed by atoms with Crippen LogP contribution in [-0.4, -0.2) is 12.8 Å². The van der Waals surface area contributed by atoms with Gasteiger partial charge in [0.15, 0.2) is 0 Å². The lowest BCUT2D eigenvalue weighted by atomic mass is 10.0. The fourth-order valence-corrected chi connectivity index (χ4v) is 1.59. The fraction of sp³-hybridized carbons (Fsp3) is 0.700. The van der Waals surface area contributed by atoms with Crippen molar-refractivity contribution in [2.24, 2.45) is 10.9 Å². The van der Waals surface area contributed by atoms with E-state index in [1.54, 1.807) is 0 Å². The summed E-state index contributed by atoms with van der Waals surface area (Å²) in [5.41, 5.74) is 2.76. The van der Waals surface area contributed by atoms with Crippen molar-refractivity contribution < 1.29 is 0 Å². The van der Waals surface area contributed by atoms with Crippen molar-refractivity contribution in [2.45, 2.75) is 33.1 Å². The van der Waals surface area contributed by atoms with Gasteiger partial charge in [0.05, 0.1) is 0 Å². The molecular formula is C10H17N. The first-order chi connectivity index (χ1) is 5.24. The largest absolute Gasteiger partial charge is 0.293 e. The molecule has 0 radical (unpaired) electrons. The van der Waals surface area contributed by atoms with Crippen molar-refractivity contribution in [2.75, 3.05) is 7.05 Å². The highest BCUT2D eigenvalue weighted by molar-refractivity contribution is 5.97. The lowest BCUT2D eigenvalue weighted by Crippen LogP contribution is -2.06. The van der Waals surface area contributed by atoms with Gasteiger partial charge in [-0.05, 0) is 38.2 Å². The average Bonchev–Trinajstić information content (AvgIpc) is 2.13. The molecule has 11 heavy (non-hydrogen) atoms. The van der Waals surface area contributed by atoms with Crippen LogP contribution in [0.3, 0.4) is 0 Å². The van der Waals surface area contributed by atoms with Crippen LogP contribution in [-0.2, 0) is 0 Å². The van der Waals surface area contributed by atoms with Gasteiger partial charge in [-0.3, -0.25) is 4.99 Å². The summed E-state index contributed by atoms with van der Waals surface area (Å²) in [6.45, 7) is 4.46. The number of hydrogen-bond acceptors (Lipinski definition) is 1. The first-order valence-electron chi connectivity index (χ1n) is 4.38. The van der Waals surface area contributed by atoms with Gasteiger partial charge >= 0.3 is 0 Å². The maximum atomic E-state index is 4.28. The smallest absolute Gasteiger partial charge is 0.0372 e. The van der Waals surface area contributed by atoms with Gasteiger partial charge in [0, 0.05) is 12.8 Å². The molecule has 0 saturated carbocycles. The van der Waals surface area contributed by atoms with Gasteiger partial charge in [-0.1, -0.05) is 12.5 Å². The van der Waals surface area contributed by atoms with Crippen LogP contribution >= 0.6 is 0 Å². The van der Waals surface area contributed by atoms with Crippen molar-refractivity contribution in [3.05, 3.63) is 11.6 Å². The molecule has 0 N–H and O–H groups in total. The molecule has 0 saturated heterocycles. The summed E-state index contributed by atoms with van der Waals surface area (Å²) in [5.74, 6) is 0.664. The number of rotatable bonds is 0. The van der Waals surface area contributed by atoms with Crippen molar-refractivity contribution in [3.63, 3.8) is 0 Å². The van der Waals surface area contributed by atoms with E-state index in [1.807, 2.05) is 7.05 Å². The lowest BCUT2D eigenvalue weighted by molar-refractivity contribution is 0.643. The lowest BCUT2D eigenvalue weighted by Gasteiger charge is -2.06. The zero-order valence-corrected chi connectivity index (χ0v) is 7.72. The molecular weight excluding hydrogens is 134 g/mol. The van der Waals surface area contributed by atoms with E-state index in [9.17, 15) is 0 Å². The summed E-state index contributed by atoms with van der Waals surface area (Å²) in [4.78, 5) is 4.28. The minimum Gasteiger partial charge on any atom is -0.293 e. The molecule has 0 fully saturated rings. The minimum absolute atomic E-state index is 0.664. The van der Waals surface area contributed by atoms with Crippen molar-refractivity contribution in [1.82, 2.24) is 0 Å². The van der Waals surface area contributed by atoms with E-state index in [2.05, 4.69) is 24.9 Å². The van der Waals surface area contributed by atoms with Gasteiger partial charge in [0.1, 0.15) is 0 Å². The van der Waals surface area contributed by atoms with Crippen molar-refractivity contribution >= 4 is 5.71 Å². The monoisotopic (exact) mass is 151 g/mol. The first kappa shape index (κ1) is 8.51. The van der Waals surface area contributed by atoms with Crippen LogP contribution in [0.25, 0.3) is 0 Å². The molecule has 62 valence electrons. The third kappa shape index (κ3) is 2.18. The Morgan fingerprint density at radius 2 is 2.27 bits per heavy atom. The molecule has 1 nitrogen and oxygen atoms in total. The molecule has 0 aromatic heterocycles. The van der Waals surface area contributed by atoms with E-state index in [0.29, 0.717) is 5.92 Å². The molecule has 1 heteroatoms. The highest BCUT2D eigenvalue weighted by Gasteiger charge is 2.11. The third-order valence-electron chi connectivity index (χ3n) is 2.37. The SMILES string of the molecule is CN=C1C=C(C)CCCC1C. The maximum Gasteiger partial charge on any atom is 0.0372 e. The molecule has 0 aromatic carbocycles. The second-order valence-electron chi connectivity index (χ2n) is 3.43. The third-order valence-corrected chi connectivity index (χ3v) is 2.37. The summed E-state index contributed by atoms with van der Waals surface area (Å²) in [5, 5.41) is 0. The van der Waals surface area contributed by atoms with Crippen LogP contribution in [0.15, 0.2) is 16.6 Å². The van der Waals surface area contributed by atoms with Gasteiger partial charge in [-0.25, -0.2) is 0 Å². The van der Waals surface area contributed by atoms with E-state index in [0.717, 1.165) is 0 Å². The zero-order chi connectivity index (χ0) is 8.27. The number of nitrogens with zero attached hydrogens (tertiary/aromatic N) is 1. The summed E-state index contributed by atoms with van der Waals surface area (Å²) in [6.07, 6.45) is 6.12. The Hall–Kier alpha value is -0.590. The van der Waals surface area contributed by atoms with Crippen LogP contribution < -0.4 is 0 Å². The van der Waals surface area contributed by atoms with E-state index in [1.165, 1.54) is 30.5 Å². The number of aliphatic imine (C=N–C) groups is 1.